The van der Waals surface area contributed by atoms with Crippen molar-refractivity contribution in [3.05, 3.63) is 51.0 Å². The lowest BCUT2D eigenvalue weighted by Crippen LogP contribution is -1.85. The van der Waals surface area contributed by atoms with E-state index in [2.05, 4.69) is 0 Å². The summed E-state index contributed by atoms with van der Waals surface area (Å²) < 4.78 is 0. The number of rotatable bonds is 3. The molecule has 84 valence electrons. The fourth-order valence-corrected chi connectivity index (χ4v) is 1.73. The van der Waals surface area contributed by atoms with Gasteiger partial charge in [-0.05, 0) is 5.56 Å². The lowest BCUT2D eigenvalue weighted by molar-refractivity contribution is -0.104. The summed E-state index contributed by atoms with van der Waals surface area (Å²) in [6, 6.07) is 8.99. The van der Waals surface area contributed by atoms with Crippen LogP contribution < -0.4 is 0 Å². The van der Waals surface area contributed by atoms with E-state index in [1.807, 2.05) is 6.07 Å². The molecule has 5 heteroatoms. The van der Waals surface area contributed by atoms with E-state index >= 15 is 0 Å². The fourth-order valence-electron chi connectivity index (χ4n) is 0.964. The Balaban J connectivity index is 3.21. The molecule has 0 N–H and O–H groups in total. The molecule has 1 nitrogen and oxygen atoms in total. The molecule has 1 rings (SSSR count). The SMILES string of the molecule is O=CC(Cl)=C(Cl)C(Cl)=C(Cl)c1ccccc1. The molecule has 0 bridgehead atoms. The van der Waals surface area contributed by atoms with Gasteiger partial charge in [-0.25, -0.2) is 0 Å². The second-order valence-electron chi connectivity index (χ2n) is 2.77. The molecule has 0 aromatic heterocycles. The summed E-state index contributed by atoms with van der Waals surface area (Å²) in [6.45, 7) is 0. The molecule has 0 heterocycles. The number of hydrogen-bond donors (Lipinski definition) is 0. The third-order valence-corrected chi connectivity index (χ3v) is 3.47. The Morgan fingerprint density at radius 3 is 2.00 bits per heavy atom. The fraction of sp³-hybridized carbons (Fsp3) is 0. The summed E-state index contributed by atoms with van der Waals surface area (Å²) in [5.41, 5.74) is 0.697. The van der Waals surface area contributed by atoms with Gasteiger partial charge in [0, 0.05) is 0 Å². The van der Waals surface area contributed by atoms with E-state index in [9.17, 15) is 4.79 Å². The van der Waals surface area contributed by atoms with Crippen molar-refractivity contribution in [2.24, 2.45) is 0 Å². The van der Waals surface area contributed by atoms with Gasteiger partial charge in [0.2, 0.25) is 0 Å². The lowest BCUT2D eigenvalue weighted by Gasteiger charge is -2.03. The first kappa shape index (κ1) is 13.6. The second kappa shape index (κ2) is 6.31. The Bertz CT molecular complexity index is 448. The molecule has 0 saturated carbocycles. The molecule has 0 spiro atoms. The van der Waals surface area contributed by atoms with E-state index in [0.717, 1.165) is 0 Å². The molecule has 0 aliphatic rings. The summed E-state index contributed by atoms with van der Waals surface area (Å²) in [6.07, 6.45) is 0.404. The third kappa shape index (κ3) is 3.26. The standard InChI is InChI=1S/C11H6Cl4O/c12-8(6-16)10(14)11(15)9(13)7-4-2-1-3-5-7/h1-6H. The van der Waals surface area contributed by atoms with Crippen LogP contribution in [0.5, 0.6) is 0 Å². The van der Waals surface area contributed by atoms with Crippen LogP contribution in [0.2, 0.25) is 0 Å². The highest BCUT2D eigenvalue weighted by molar-refractivity contribution is 6.60. The van der Waals surface area contributed by atoms with Gasteiger partial charge in [-0.1, -0.05) is 76.7 Å². The quantitative estimate of drug-likeness (QED) is 0.448. The minimum absolute atomic E-state index is 0.0478. The van der Waals surface area contributed by atoms with Crippen LogP contribution in [0.25, 0.3) is 5.03 Å². The van der Waals surface area contributed by atoms with E-state index < -0.39 is 0 Å². The third-order valence-electron chi connectivity index (χ3n) is 1.73. The number of carbonyl (C=O) groups is 1. The maximum Gasteiger partial charge on any atom is 0.162 e. The molecule has 1 aromatic carbocycles. The first-order valence-corrected chi connectivity index (χ1v) is 5.70. The first-order valence-electron chi connectivity index (χ1n) is 4.19. The van der Waals surface area contributed by atoms with Gasteiger partial charge in [0.25, 0.3) is 0 Å². The van der Waals surface area contributed by atoms with Gasteiger partial charge in [-0.2, -0.15) is 0 Å². The van der Waals surface area contributed by atoms with Crippen LogP contribution in [0.3, 0.4) is 0 Å². The zero-order chi connectivity index (χ0) is 12.1. The van der Waals surface area contributed by atoms with Gasteiger partial charge in [-0.3, -0.25) is 4.79 Å². The highest BCUT2D eigenvalue weighted by Crippen LogP contribution is 2.33. The highest BCUT2D eigenvalue weighted by atomic mass is 35.5. The maximum absolute atomic E-state index is 10.4. The van der Waals surface area contributed by atoms with Crippen molar-refractivity contribution in [3.63, 3.8) is 0 Å². The lowest BCUT2D eigenvalue weighted by atomic mass is 10.2. The van der Waals surface area contributed by atoms with Gasteiger partial charge in [0.15, 0.2) is 6.29 Å². The number of halogens is 4. The first-order chi connectivity index (χ1) is 7.57. The highest BCUT2D eigenvalue weighted by Gasteiger charge is 2.11. The summed E-state index contributed by atoms with van der Waals surface area (Å²) in [5.74, 6) is 0. The molecular formula is C11H6Cl4O. The Morgan fingerprint density at radius 2 is 1.50 bits per heavy atom. The van der Waals surface area contributed by atoms with Crippen LogP contribution >= 0.6 is 46.4 Å². The molecule has 0 aliphatic carbocycles. The molecule has 0 radical (unpaired) electrons. The molecule has 0 amide bonds. The van der Waals surface area contributed by atoms with E-state index in [1.54, 1.807) is 24.3 Å². The Labute approximate surface area is 113 Å². The number of hydrogen-bond acceptors (Lipinski definition) is 1. The number of benzene rings is 1. The smallest absolute Gasteiger partial charge is 0.162 e. The molecule has 0 atom stereocenters. The predicted molar refractivity (Wildman–Crippen MR) is 69.9 cm³/mol. The second-order valence-corrected chi connectivity index (χ2v) is 4.31. The zero-order valence-electron chi connectivity index (χ0n) is 7.88. The van der Waals surface area contributed by atoms with E-state index in [0.29, 0.717) is 11.8 Å². The molecule has 0 fully saturated rings. The molecule has 1 aromatic rings. The number of carbonyl (C=O) groups excluding carboxylic acids is 1. The van der Waals surface area contributed by atoms with Gasteiger partial charge >= 0.3 is 0 Å². The van der Waals surface area contributed by atoms with Gasteiger partial charge in [0.1, 0.15) is 5.03 Å². The molecule has 0 aliphatic heterocycles. The van der Waals surface area contributed by atoms with Crippen LogP contribution in [0, 0.1) is 0 Å². The number of allylic oxidation sites excluding steroid dienone is 3. The van der Waals surface area contributed by atoms with Crippen LogP contribution in [0.1, 0.15) is 5.56 Å². The van der Waals surface area contributed by atoms with E-state index in [1.165, 1.54) is 0 Å². The van der Waals surface area contributed by atoms with Gasteiger partial charge in [0.05, 0.1) is 15.1 Å². The summed E-state index contributed by atoms with van der Waals surface area (Å²) >= 11 is 23.2. The minimum atomic E-state index is -0.180. The van der Waals surface area contributed by atoms with Gasteiger partial charge < -0.3 is 0 Å². The van der Waals surface area contributed by atoms with Crippen molar-refractivity contribution < 1.29 is 4.79 Å². The van der Waals surface area contributed by atoms with Crippen LogP contribution in [0.4, 0.5) is 0 Å². The largest absolute Gasteiger partial charge is 0.297 e. The number of aldehydes is 1. The Hall–Kier alpha value is -0.470. The zero-order valence-corrected chi connectivity index (χ0v) is 10.9. The van der Waals surface area contributed by atoms with Crippen molar-refractivity contribution in [1.82, 2.24) is 0 Å². The Kier molecular flexibility index (Phi) is 5.36. The van der Waals surface area contributed by atoms with Crippen molar-refractivity contribution in [1.29, 1.82) is 0 Å². The van der Waals surface area contributed by atoms with Crippen LogP contribution in [-0.2, 0) is 4.79 Å². The summed E-state index contributed by atoms with van der Waals surface area (Å²) in [5, 5.41) is 0.0480. The van der Waals surface area contributed by atoms with E-state index in [4.69, 9.17) is 46.4 Å². The average molecular weight is 296 g/mol. The van der Waals surface area contributed by atoms with Gasteiger partial charge in [-0.15, -0.1) is 0 Å². The Morgan fingerprint density at radius 1 is 0.938 bits per heavy atom. The molecule has 0 unspecified atom stereocenters. The van der Waals surface area contributed by atoms with Crippen molar-refractivity contribution >= 4 is 57.7 Å². The maximum atomic E-state index is 10.4. The van der Waals surface area contributed by atoms with Crippen molar-refractivity contribution in [2.75, 3.05) is 0 Å². The molecule has 0 saturated heterocycles. The van der Waals surface area contributed by atoms with Crippen LogP contribution in [0.15, 0.2) is 45.4 Å². The minimum Gasteiger partial charge on any atom is -0.297 e. The predicted octanol–water partition coefficient (Wildman–Crippen LogP) is 4.72. The monoisotopic (exact) mass is 294 g/mol. The van der Waals surface area contributed by atoms with Crippen LogP contribution in [-0.4, -0.2) is 6.29 Å². The van der Waals surface area contributed by atoms with Crippen molar-refractivity contribution in [2.45, 2.75) is 0 Å². The summed E-state index contributed by atoms with van der Waals surface area (Å²) in [4.78, 5) is 10.4. The molecular weight excluding hydrogens is 290 g/mol. The topological polar surface area (TPSA) is 17.1 Å². The summed E-state index contributed by atoms with van der Waals surface area (Å²) in [7, 11) is 0. The van der Waals surface area contributed by atoms with E-state index in [-0.39, 0.29) is 20.1 Å². The average Bonchev–Trinajstić information content (AvgIpc) is 2.36. The van der Waals surface area contributed by atoms with Crippen molar-refractivity contribution in [3.8, 4) is 0 Å². The molecule has 16 heavy (non-hydrogen) atoms. The normalized spacial score (nSPS) is 14.0.